The summed E-state index contributed by atoms with van der Waals surface area (Å²) in [5.41, 5.74) is 3.93. The number of halogens is 1. The van der Waals surface area contributed by atoms with Gasteiger partial charge in [0.15, 0.2) is 0 Å². The number of nitrogens with one attached hydrogen (secondary N) is 1. The first-order chi connectivity index (χ1) is 13.6. The summed E-state index contributed by atoms with van der Waals surface area (Å²) < 4.78 is 5.33. The average molecular weight is 394 g/mol. The summed E-state index contributed by atoms with van der Waals surface area (Å²) in [6.07, 6.45) is 5.06. The topological polar surface area (TPSA) is 47.0 Å². The molecule has 0 spiro atoms. The van der Waals surface area contributed by atoms with Crippen LogP contribution < -0.4 is 10.1 Å². The zero-order chi connectivity index (χ0) is 19.9. The van der Waals surface area contributed by atoms with Crippen LogP contribution in [-0.2, 0) is 0 Å². The molecule has 0 amide bonds. The van der Waals surface area contributed by atoms with Crippen LogP contribution in [0.25, 0.3) is 6.08 Å². The van der Waals surface area contributed by atoms with E-state index in [4.69, 9.17) is 16.3 Å². The number of rotatable bonds is 7. The summed E-state index contributed by atoms with van der Waals surface area (Å²) in [5, 5.41) is 3.93. The standard InChI is InChI=1S/C23H24ClN3O/c1-16(18-10-5-4-6-11-18)9-7-12-19-15-22(28-3)27-23(25-19)26-21-14-8-13-20(24)17(21)2/h4-8,10-16H,9H2,1-3H3,(H,25,26,27). The van der Waals surface area contributed by atoms with Crippen molar-refractivity contribution in [3.8, 4) is 5.88 Å². The molecule has 3 aromatic rings. The predicted octanol–water partition coefficient (Wildman–Crippen LogP) is 6.40. The van der Waals surface area contributed by atoms with Crippen LogP contribution in [0.5, 0.6) is 5.88 Å². The second-order valence-electron chi connectivity index (χ2n) is 6.65. The van der Waals surface area contributed by atoms with E-state index in [1.807, 2.05) is 43.3 Å². The molecule has 0 fully saturated rings. The van der Waals surface area contributed by atoms with Crippen LogP contribution in [-0.4, -0.2) is 17.1 Å². The van der Waals surface area contributed by atoms with Crippen molar-refractivity contribution in [1.82, 2.24) is 9.97 Å². The van der Waals surface area contributed by atoms with Gasteiger partial charge >= 0.3 is 0 Å². The normalized spacial score (nSPS) is 12.1. The number of aromatic nitrogens is 2. The van der Waals surface area contributed by atoms with E-state index in [1.165, 1.54) is 5.56 Å². The maximum atomic E-state index is 6.20. The molecule has 0 aliphatic rings. The zero-order valence-electron chi connectivity index (χ0n) is 16.3. The minimum Gasteiger partial charge on any atom is -0.481 e. The fraction of sp³-hybridized carbons (Fsp3) is 0.217. The molecule has 0 bridgehead atoms. The Kier molecular flexibility index (Phi) is 6.66. The monoisotopic (exact) mass is 393 g/mol. The molecular formula is C23H24ClN3O. The molecule has 1 atom stereocenters. The molecule has 1 N–H and O–H groups in total. The number of methoxy groups -OCH3 is 1. The third-order valence-electron chi connectivity index (χ3n) is 4.59. The zero-order valence-corrected chi connectivity index (χ0v) is 17.1. The van der Waals surface area contributed by atoms with Gasteiger partial charge in [0.05, 0.1) is 12.8 Å². The molecule has 3 rings (SSSR count). The van der Waals surface area contributed by atoms with E-state index in [2.05, 4.69) is 52.5 Å². The molecule has 28 heavy (non-hydrogen) atoms. The van der Waals surface area contributed by atoms with Crippen molar-refractivity contribution in [2.24, 2.45) is 0 Å². The van der Waals surface area contributed by atoms with E-state index in [0.29, 0.717) is 22.8 Å². The number of hydrogen-bond donors (Lipinski definition) is 1. The van der Waals surface area contributed by atoms with E-state index in [9.17, 15) is 0 Å². The van der Waals surface area contributed by atoms with Crippen molar-refractivity contribution < 1.29 is 4.74 Å². The Hall–Kier alpha value is -2.85. The fourth-order valence-electron chi connectivity index (χ4n) is 2.86. The van der Waals surface area contributed by atoms with Crippen LogP contribution in [0, 0.1) is 6.92 Å². The minimum absolute atomic E-state index is 0.438. The van der Waals surface area contributed by atoms with Gasteiger partial charge < -0.3 is 10.1 Å². The van der Waals surface area contributed by atoms with E-state index in [0.717, 1.165) is 23.4 Å². The molecule has 0 aliphatic heterocycles. The van der Waals surface area contributed by atoms with Crippen LogP contribution in [0.15, 0.2) is 60.7 Å². The Morgan fingerprint density at radius 2 is 1.89 bits per heavy atom. The summed E-state index contributed by atoms with van der Waals surface area (Å²) in [6, 6.07) is 18.0. The number of ether oxygens (including phenoxy) is 1. The van der Waals surface area contributed by atoms with Gasteiger partial charge in [-0.1, -0.05) is 61.0 Å². The van der Waals surface area contributed by atoms with Gasteiger partial charge in [0.25, 0.3) is 0 Å². The first-order valence-corrected chi connectivity index (χ1v) is 9.61. The Bertz CT molecular complexity index is 957. The van der Waals surface area contributed by atoms with Crippen LogP contribution in [0.4, 0.5) is 11.6 Å². The van der Waals surface area contributed by atoms with Crippen molar-refractivity contribution in [1.29, 1.82) is 0 Å². The largest absolute Gasteiger partial charge is 0.481 e. The number of hydrogen-bond acceptors (Lipinski definition) is 4. The van der Waals surface area contributed by atoms with Gasteiger partial charge in [-0.25, -0.2) is 4.98 Å². The molecular weight excluding hydrogens is 370 g/mol. The molecule has 1 aromatic heterocycles. The molecule has 0 aliphatic carbocycles. The van der Waals surface area contributed by atoms with Gasteiger partial charge in [-0.15, -0.1) is 0 Å². The maximum absolute atomic E-state index is 6.20. The molecule has 1 heterocycles. The molecule has 2 aromatic carbocycles. The van der Waals surface area contributed by atoms with Crippen molar-refractivity contribution in [2.75, 3.05) is 12.4 Å². The second-order valence-corrected chi connectivity index (χ2v) is 7.05. The maximum Gasteiger partial charge on any atom is 0.231 e. The van der Waals surface area contributed by atoms with Crippen molar-refractivity contribution >= 4 is 29.3 Å². The molecule has 0 radical (unpaired) electrons. The highest BCUT2D eigenvalue weighted by atomic mass is 35.5. The lowest BCUT2D eigenvalue weighted by Gasteiger charge is -2.11. The quantitative estimate of drug-likeness (QED) is 0.504. The third kappa shape index (κ3) is 5.11. The SMILES string of the molecule is COc1cc(C=CCC(C)c2ccccc2)nc(Nc2cccc(Cl)c2C)n1. The Balaban J connectivity index is 1.76. The first kappa shape index (κ1) is 19.9. The Morgan fingerprint density at radius 1 is 1.11 bits per heavy atom. The minimum atomic E-state index is 0.438. The van der Waals surface area contributed by atoms with Gasteiger partial charge in [0.2, 0.25) is 11.8 Å². The van der Waals surface area contributed by atoms with E-state index in [1.54, 1.807) is 7.11 Å². The summed E-state index contributed by atoms with van der Waals surface area (Å²) in [6.45, 7) is 4.17. The first-order valence-electron chi connectivity index (χ1n) is 9.23. The fourth-order valence-corrected chi connectivity index (χ4v) is 3.04. The molecule has 144 valence electrons. The third-order valence-corrected chi connectivity index (χ3v) is 5.00. The van der Waals surface area contributed by atoms with E-state index in [-0.39, 0.29) is 0 Å². The van der Waals surface area contributed by atoms with Crippen molar-refractivity contribution in [3.05, 3.63) is 82.5 Å². The second kappa shape index (κ2) is 9.38. The number of nitrogens with zero attached hydrogens (tertiary/aromatic N) is 2. The van der Waals surface area contributed by atoms with Gasteiger partial charge in [-0.3, -0.25) is 0 Å². The van der Waals surface area contributed by atoms with Crippen LogP contribution >= 0.6 is 11.6 Å². The molecule has 5 heteroatoms. The molecule has 1 unspecified atom stereocenters. The van der Waals surface area contributed by atoms with Crippen LogP contribution in [0.1, 0.15) is 36.1 Å². The van der Waals surface area contributed by atoms with E-state index >= 15 is 0 Å². The lowest BCUT2D eigenvalue weighted by Crippen LogP contribution is -2.02. The van der Waals surface area contributed by atoms with E-state index < -0.39 is 0 Å². The summed E-state index contributed by atoms with van der Waals surface area (Å²) in [5.74, 6) is 1.42. The van der Waals surface area contributed by atoms with Crippen LogP contribution in [0.2, 0.25) is 5.02 Å². The highest BCUT2D eigenvalue weighted by Gasteiger charge is 2.08. The van der Waals surface area contributed by atoms with Gasteiger partial charge in [-0.2, -0.15) is 4.98 Å². The van der Waals surface area contributed by atoms with Gasteiger partial charge in [0, 0.05) is 16.8 Å². The van der Waals surface area contributed by atoms with Gasteiger partial charge in [0.1, 0.15) is 0 Å². The number of benzene rings is 2. The smallest absolute Gasteiger partial charge is 0.231 e. The molecule has 4 nitrogen and oxygen atoms in total. The predicted molar refractivity (Wildman–Crippen MR) is 117 cm³/mol. The van der Waals surface area contributed by atoms with Crippen molar-refractivity contribution in [3.63, 3.8) is 0 Å². The summed E-state index contributed by atoms with van der Waals surface area (Å²) in [7, 11) is 1.60. The number of anilines is 2. The summed E-state index contributed by atoms with van der Waals surface area (Å²) >= 11 is 6.20. The number of allylic oxidation sites excluding steroid dienone is 1. The van der Waals surface area contributed by atoms with Crippen LogP contribution in [0.3, 0.4) is 0 Å². The van der Waals surface area contributed by atoms with Gasteiger partial charge in [-0.05, 0) is 48.6 Å². The van der Waals surface area contributed by atoms with Crippen molar-refractivity contribution in [2.45, 2.75) is 26.2 Å². The molecule has 0 saturated heterocycles. The average Bonchev–Trinajstić information content (AvgIpc) is 2.72. The summed E-state index contributed by atoms with van der Waals surface area (Å²) in [4.78, 5) is 8.97. The lowest BCUT2D eigenvalue weighted by atomic mass is 9.98. The Labute approximate surface area is 171 Å². The highest BCUT2D eigenvalue weighted by molar-refractivity contribution is 6.31. The Morgan fingerprint density at radius 3 is 2.64 bits per heavy atom. The molecule has 0 saturated carbocycles. The lowest BCUT2D eigenvalue weighted by molar-refractivity contribution is 0.397. The highest BCUT2D eigenvalue weighted by Crippen LogP contribution is 2.26.